The third-order valence-corrected chi connectivity index (χ3v) is 3.17. The van der Waals surface area contributed by atoms with Crippen molar-refractivity contribution < 1.29 is 0 Å². The molecule has 0 atom stereocenters. The molecule has 3 nitrogen and oxygen atoms in total. The Morgan fingerprint density at radius 2 is 1.67 bits per heavy atom. The predicted molar refractivity (Wildman–Crippen MR) is 66.3 cm³/mol. The van der Waals surface area contributed by atoms with Crippen LogP contribution in [0.1, 0.15) is 19.3 Å². The van der Waals surface area contributed by atoms with Gasteiger partial charge in [0.25, 0.3) is 0 Å². The van der Waals surface area contributed by atoms with Crippen molar-refractivity contribution in [2.75, 3.05) is 29.5 Å². The molecular formula is C11H16ClN3. The summed E-state index contributed by atoms with van der Waals surface area (Å²) in [6.07, 6.45) is 3.75. The van der Waals surface area contributed by atoms with Gasteiger partial charge in [-0.05, 0) is 31.4 Å². The fraction of sp³-hybridized carbons (Fsp3) is 0.455. The number of rotatable bonds is 1. The Morgan fingerprint density at radius 3 is 2.33 bits per heavy atom. The first kappa shape index (κ1) is 10.4. The standard InChI is InChI=1S/C11H16ClN3/c12-8-6-10(14)11(7-9(8)13)15-4-2-1-3-5-15/h6-7H,1-5,13-14H2. The van der Waals surface area contributed by atoms with Crippen LogP contribution in [0.2, 0.25) is 5.02 Å². The lowest BCUT2D eigenvalue weighted by molar-refractivity contribution is 0.578. The molecule has 1 fully saturated rings. The summed E-state index contributed by atoms with van der Waals surface area (Å²) in [4.78, 5) is 2.28. The van der Waals surface area contributed by atoms with Crippen LogP contribution in [0.5, 0.6) is 0 Å². The maximum atomic E-state index is 5.94. The van der Waals surface area contributed by atoms with E-state index in [9.17, 15) is 0 Å². The molecule has 82 valence electrons. The minimum Gasteiger partial charge on any atom is -0.397 e. The monoisotopic (exact) mass is 225 g/mol. The van der Waals surface area contributed by atoms with Gasteiger partial charge < -0.3 is 16.4 Å². The molecule has 15 heavy (non-hydrogen) atoms. The second kappa shape index (κ2) is 4.19. The summed E-state index contributed by atoms with van der Waals surface area (Å²) >= 11 is 5.90. The number of nitrogen functional groups attached to an aromatic ring is 2. The number of piperidine rings is 1. The molecule has 0 spiro atoms. The maximum absolute atomic E-state index is 5.94. The van der Waals surface area contributed by atoms with Gasteiger partial charge in [0.1, 0.15) is 0 Å². The highest BCUT2D eigenvalue weighted by Crippen LogP contribution is 2.32. The first-order valence-corrected chi connectivity index (χ1v) is 5.66. The fourth-order valence-corrected chi connectivity index (χ4v) is 2.17. The summed E-state index contributed by atoms with van der Waals surface area (Å²) in [5.74, 6) is 0. The highest BCUT2D eigenvalue weighted by atomic mass is 35.5. The molecule has 0 bridgehead atoms. The van der Waals surface area contributed by atoms with Crippen LogP contribution in [-0.4, -0.2) is 13.1 Å². The lowest BCUT2D eigenvalue weighted by atomic mass is 10.1. The second-order valence-electron chi connectivity index (χ2n) is 3.98. The zero-order valence-electron chi connectivity index (χ0n) is 8.67. The van der Waals surface area contributed by atoms with Crippen molar-refractivity contribution >= 4 is 28.7 Å². The van der Waals surface area contributed by atoms with E-state index in [0.717, 1.165) is 24.5 Å². The zero-order valence-corrected chi connectivity index (χ0v) is 9.43. The van der Waals surface area contributed by atoms with Crippen molar-refractivity contribution in [1.82, 2.24) is 0 Å². The van der Waals surface area contributed by atoms with Crippen LogP contribution in [-0.2, 0) is 0 Å². The summed E-state index contributed by atoms with van der Waals surface area (Å²) in [7, 11) is 0. The molecule has 1 saturated heterocycles. The smallest absolute Gasteiger partial charge is 0.0657 e. The van der Waals surface area contributed by atoms with Gasteiger partial charge in [0.15, 0.2) is 0 Å². The van der Waals surface area contributed by atoms with Gasteiger partial charge in [-0.25, -0.2) is 0 Å². The molecule has 1 heterocycles. The van der Waals surface area contributed by atoms with Gasteiger partial charge in [0.05, 0.1) is 22.1 Å². The number of nitrogens with zero attached hydrogens (tertiary/aromatic N) is 1. The molecule has 0 aliphatic carbocycles. The van der Waals surface area contributed by atoms with Gasteiger partial charge in [-0.2, -0.15) is 0 Å². The molecular weight excluding hydrogens is 210 g/mol. The first-order valence-electron chi connectivity index (χ1n) is 5.28. The average molecular weight is 226 g/mol. The highest BCUT2D eigenvalue weighted by Gasteiger charge is 2.14. The van der Waals surface area contributed by atoms with Crippen molar-refractivity contribution in [3.63, 3.8) is 0 Å². The van der Waals surface area contributed by atoms with E-state index in [-0.39, 0.29) is 0 Å². The third-order valence-electron chi connectivity index (χ3n) is 2.84. The summed E-state index contributed by atoms with van der Waals surface area (Å²) in [5.41, 5.74) is 14.1. The van der Waals surface area contributed by atoms with E-state index in [4.69, 9.17) is 23.1 Å². The summed E-state index contributed by atoms with van der Waals surface area (Å²) in [6.45, 7) is 2.12. The van der Waals surface area contributed by atoms with Crippen LogP contribution in [0.25, 0.3) is 0 Å². The van der Waals surface area contributed by atoms with Gasteiger partial charge in [0, 0.05) is 13.1 Å². The molecule has 1 aliphatic rings. The van der Waals surface area contributed by atoms with Gasteiger partial charge in [-0.3, -0.25) is 0 Å². The molecule has 1 aliphatic heterocycles. The topological polar surface area (TPSA) is 55.3 Å². The molecule has 4 heteroatoms. The molecule has 2 rings (SSSR count). The van der Waals surface area contributed by atoms with E-state index in [2.05, 4.69) is 4.90 Å². The van der Waals surface area contributed by atoms with E-state index in [1.54, 1.807) is 6.07 Å². The first-order chi connectivity index (χ1) is 7.18. The summed E-state index contributed by atoms with van der Waals surface area (Å²) < 4.78 is 0. The Labute approximate surface area is 95.0 Å². The lowest BCUT2D eigenvalue weighted by Crippen LogP contribution is -2.30. The third kappa shape index (κ3) is 2.12. The number of nitrogens with two attached hydrogens (primary N) is 2. The number of anilines is 3. The molecule has 1 aromatic rings. The fourth-order valence-electron chi connectivity index (χ4n) is 2.00. The van der Waals surface area contributed by atoms with Crippen molar-refractivity contribution in [3.05, 3.63) is 17.2 Å². The Kier molecular flexibility index (Phi) is 2.91. The number of halogens is 1. The number of hydrogen-bond donors (Lipinski definition) is 2. The van der Waals surface area contributed by atoms with Gasteiger partial charge >= 0.3 is 0 Å². The van der Waals surface area contributed by atoms with E-state index < -0.39 is 0 Å². The zero-order chi connectivity index (χ0) is 10.8. The Balaban J connectivity index is 2.30. The molecule has 0 aromatic heterocycles. The molecule has 0 amide bonds. The minimum atomic E-state index is 0.535. The van der Waals surface area contributed by atoms with Gasteiger partial charge in [-0.15, -0.1) is 0 Å². The van der Waals surface area contributed by atoms with Crippen molar-refractivity contribution in [2.45, 2.75) is 19.3 Å². The normalized spacial score (nSPS) is 16.7. The van der Waals surface area contributed by atoms with Crippen LogP contribution in [0, 0.1) is 0 Å². The molecule has 0 saturated carbocycles. The van der Waals surface area contributed by atoms with Crippen LogP contribution < -0.4 is 16.4 Å². The van der Waals surface area contributed by atoms with Crippen molar-refractivity contribution in [2.24, 2.45) is 0 Å². The Morgan fingerprint density at radius 1 is 1.00 bits per heavy atom. The predicted octanol–water partition coefficient (Wildman–Crippen LogP) is 2.49. The number of benzene rings is 1. The van der Waals surface area contributed by atoms with Crippen LogP contribution in [0.3, 0.4) is 0 Å². The molecule has 1 aromatic carbocycles. The Hall–Kier alpha value is -1.09. The van der Waals surface area contributed by atoms with E-state index in [1.165, 1.54) is 19.3 Å². The van der Waals surface area contributed by atoms with Gasteiger partial charge in [-0.1, -0.05) is 11.6 Å². The minimum absolute atomic E-state index is 0.535. The summed E-state index contributed by atoms with van der Waals surface area (Å²) in [5, 5.41) is 0.535. The SMILES string of the molecule is Nc1cc(N2CCCCC2)c(N)cc1Cl. The maximum Gasteiger partial charge on any atom is 0.0657 e. The quantitative estimate of drug-likeness (QED) is 0.722. The summed E-state index contributed by atoms with van der Waals surface area (Å²) in [6, 6.07) is 3.61. The Bertz CT molecular complexity index is 359. The lowest BCUT2D eigenvalue weighted by Gasteiger charge is -2.30. The largest absolute Gasteiger partial charge is 0.397 e. The van der Waals surface area contributed by atoms with Crippen molar-refractivity contribution in [1.29, 1.82) is 0 Å². The van der Waals surface area contributed by atoms with E-state index in [1.807, 2.05) is 6.07 Å². The molecule has 0 unspecified atom stereocenters. The van der Waals surface area contributed by atoms with Crippen molar-refractivity contribution in [3.8, 4) is 0 Å². The molecule has 4 N–H and O–H groups in total. The second-order valence-corrected chi connectivity index (χ2v) is 4.39. The number of hydrogen-bond acceptors (Lipinski definition) is 3. The van der Waals surface area contributed by atoms with Gasteiger partial charge in [0.2, 0.25) is 0 Å². The van der Waals surface area contributed by atoms with Crippen LogP contribution in [0.15, 0.2) is 12.1 Å². The van der Waals surface area contributed by atoms with Crippen LogP contribution in [0.4, 0.5) is 17.1 Å². The average Bonchev–Trinajstić information content (AvgIpc) is 2.25. The van der Waals surface area contributed by atoms with Crippen LogP contribution >= 0.6 is 11.6 Å². The highest BCUT2D eigenvalue weighted by molar-refractivity contribution is 6.33. The molecule has 0 radical (unpaired) electrons. The van der Waals surface area contributed by atoms with E-state index in [0.29, 0.717) is 10.7 Å². The van der Waals surface area contributed by atoms with E-state index >= 15 is 0 Å².